The number of ketones is 1. The van der Waals surface area contributed by atoms with Crippen LogP contribution in [0.3, 0.4) is 0 Å². The molecule has 3 amide bonds. The zero-order chi connectivity index (χ0) is 23.9. The number of nitrogens with one attached hydrogen (secondary N) is 2. The average molecular weight is 453 g/mol. The van der Waals surface area contributed by atoms with Gasteiger partial charge in [-0.2, -0.15) is 0 Å². The van der Waals surface area contributed by atoms with Crippen LogP contribution in [0.4, 0.5) is 14.9 Å². The first-order valence-corrected chi connectivity index (χ1v) is 11.2. The number of piperidine rings is 1. The van der Waals surface area contributed by atoms with Crippen molar-refractivity contribution in [2.75, 3.05) is 32.5 Å². The van der Waals surface area contributed by atoms with Crippen LogP contribution in [0, 0.1) is 25.6 Å². The topological polar surface area (TPSA) is 85.5 Å². The maximum atomic E-state index is 13.7. The lowest BCUT2D eigenvalue weighted by Crippen LogP contribution is -2.45. The van der Waals surface area contributed by atoms with Crippen molar-refractivity contribution in [1.82, 2.24) is 14.8 Å². The van der Waals surface area contributed by atoms with E-state index < -0.39 is 5.82 Å². The third kappa shape index (κ3) is 4.42. The van der Waals surface area contributed by atoms with E-state index >= 15 is 0 Å². The molecule has 1 aromatic carbocycles. The van der Waals surface area contributed by atoms with E-state index in [1.165, 1.54) is 12.1 Å². The number of hydrogen-bond acceptors (Lipinski definition) is 3. The molecule has 1 aromatic heterocycles. The van der Waals surface area contributed by atoms with Crippen LogP contribution in [0.2, 0.25) is 0 Å². The van der Waals surface area contributed by atoms with Gasteiger partial charge in [-0.05, 0) is 62.1 Å². The number of amides is 3. The van der Waals surface area contributed by atoms with Crippen LogP contribution in [0.25, 0.3) is 11.6 Å². The smallest absolute Gasteiger partial charge is 0.319 e. The molecule has 8 heteroatoms. The molecular weight excluding hydrogens is 423 g/mol. The van der Waals surface area contributed by atoms with Gasteiger partial charge in [-0.1, -0.05) is 0 Å². The van der Waals surface area contributed by atoms with Crippen LogP contribution in [-0.4, -0.2) is 59.7 Å². The van der Waals surface area contributed by atoms with Gasteiger partial charge in [0, 0.05) is 62.2 Å². The molecule has 0 radical (unpaired) electrons. The van der Waals surface area contributed by atoms with Gasteiger partial charge in [0.05, 0.1) is 5.57 Å². The molecule has 7 nitrogen and oxygen atoms in total. The largest absolute Gasteiger partial charge is 0.359 e. The van der Waals surface area contributed by atoms with Gasteiger partial charge in [0.15, 0.2) is 0 Å². The summed E-state index contributed by atoms with van der Waals surface area (Å²) in [6, 6.07) is 4.20. The lowest BCUT2D eigenvalue weighted by molar-refractivity contribution is -0.123. The number of nitrogens with zero attached hydrogens (tertiary/aromatic N) is 2. The highest BCUT2D eigenvalue weighted by Crippen LogP contribution is 2.34. The lowest BCUT2D eigenvalue weighted by atomic mass is 9.88. The highest BCUT2D eigenvalue weighted by atomic mass is 19.1. The Bertz CT molecular complexity index is 1160. The van der Waals surface area contributed by atoms with Gasteiger partial charge < -0.3 is 20.1 Å². The van der Waals surface area contributed by atoms with Gasteiger partial charge in [-0.25, -0.2) is 9.18 Å². The Hall–Kier alpha value is -3.42. The van der Waals surface area contributed by atoms with Crippen molar-refractivity contribution in [3.05, 3.63) is 52.1 Å². The molecule has 33 heavy (non-hydrogen) atoms. The standard InChI is InChI=1S/C25H29FN4O3/c1-14-18(13-23(31)16-7-9-30(10-8-16)25(33)29(3)4)15(2)27-22(14)12-20-19-11-17(26)5-6-21(19)28-24(20)32/h5-6,11-12,16,27H,7-10,13H2,1-4H3,(H,28,32)/b20-12-. The molecule has 0 atom stereocenters. The predicted molar refractivity (Wildman–Crippen MR) is 125 cm³/mol. The summed E-state index contributed by atoms with van der Waals surface area (Å²) in [6.07, 6.45) is 3.37. The fourth-order valence-electron chi connectivity index (χ4n) is 4.67. The fraction of sp³-hybridized carbons (Fsp3) is 0.400. The number of anilines is 1. The number of urea groups is 1. The number of fused-ring (bicyclic) bond motifs is 1. The Balaban J connectivity index is 1.50. The SMILES string of the molecule is Cc1[nH]c(/C=C2\C(=O)Nc3ccc(F)cc32)c(C)c1CC(=O)C1CCN(C(=O)N(C)C)CC1. The van der Waals surface area contributed by atoms with Crippen molar-refractivity contribution in [2.24, 2.45) is 5.92 Å². The highest BCUT2D eigenvalue weighted by molar-refractivity contribution is 6.34. The van der Waals surface area contributed by atoms with E-state index in [1.54, 1.807) is 36.0 Å². The van der Waals surface area contributed by atoms with E-state index in [4.69, 9.17) is 0 Å². The number of Topliss-reactive ketones (excluding diaryl/α,β-unsaturated/α-hetero) is 1. The number of rotatable bonds is 4. The van der Waals surface area contributed by atoms with Crippen molar-refractivity contribution in [3.63, 3.8) is 0 Å². The Morgan fingerprint density at radius 3 is 2.58 bits per heavy atom. The number of carbonyl (C=O) groups is 3. The van der Waals surface area contributed by atoms with Gasteiger partial charge in [0.2, 0.25) is 0 Å². The molecule has 0 aliphatic carbocycles. The monoisotopic (exact) mass is 452 g/mol. The minimum absolute atomic E-state index is 0.0201. The molecule has 3 heterocycles. The first-order valence-electron chi connectivity index (χ1n) is 11.2. The van der Waals surface area contributed by atoms with E-state index in [0.717, 1.165) is 22.5 Å². The van der Waals surface area contributed by atoms with Crippen LogP contribution in [-0.2, 0) is 16.0 Å². The molecular formula is C25H29FN4O3. The van der Waals surface area contributed by atoms with Crippen LogP contribution < -0.4 is 5.32 Å². The summed E-state index contributed by atoms with van der Waals surface area (Å²) in [5, 5.41) is 2.76. The molecule has 1 fully saturated rings. The van der Waals surface area contributed by atoms with Crippen LogP contribution >= 0.6 is 0 Å². The molecule has 2 N–H and O–H groups in total. The Labute approximate surface area is 192 Å². The molecule has 2 aromatic rings. The number of hydrogen-bond donors (Lipinski definition) is 2. The Morgan fingerprint density at radius 2 is 1.91 bits per heavy atom. The second kappa shape index (κ2) is 8.84. The molecule has 174 valence electrons. The number of halogens is 1. The summed E-state index contributed by atoms with van der Waals surface area (Å²) in [7, 11) is 3.46. The van der Waals surface area contributed by atoms with Crippen molar-refractivity contribution in [3.8, 4) is 0 Å². The summed E-state index contributed by atoms with van der Waals surface area (Å²) in [5.41, 5.74) is 4.97. The van der Waals surface area contributed by atoms with Crippen molar-refractivity contribution >= 4 is 35.1 Å². The molecule has 0 unspecified atom stereocenters. The van der Waals surface area contributed by atoms with E-state index in [9.17, 15) is 18.8 Å². The van der Waals surface area contributed by atoms with Crippen LogP contribution in [0.15, 0.2) is 18.2 Å². The van der Waals surface area contributed by atoms with Gasteiger partial charge in [-0.3, -0.25) is 9.59 Å². The second-order valence-corrected chi connectivity index (χ2v) is 9.05. The number of benzene rings is 1. The Kier molecular flexibility index (Phi) is 6.10. The second-order valence-electron chi connectivity index (χ2n) is 9.05. The van der Waals surface area contributed by atoms with E-state index in [1.807, 2.05) is 13.8 Å². The molecule has 1 saturated heterocycles. The van der Waals surface area contributed by atoms with Gasteiger partial charge in [0.25, 0.3) is 5.91 Å². The summed E-state index contributed by atoms with van der Waals surface area (Å²) < 4.78 is 13.7. The summed E-state index contributed by atoms with van der Waals surface area (Å²) in [5.74, 6) is -0.580. The molecule has 0 saturated carbocycles. The van der Waals surface area contributed by atoms with E-state index in [-0.39, 0.29) is 23.6 Å². The van der Waals surface area contributed by atoms with Gasteiger partial charge in [-0.15, -0.1) is 0 Å². The minimum atomic E-state index is -0.403. The number of aromatic amines is 1. The number of likely N-dealkylation sites (tertiary alicyclic amines) is 1. The van der Waals surface area contributed by atoms with Crippen molar-refractivity contribution in [2.45, 2.75) is 33.1 Å². The molecule has 0 spiro atoms. The summed E-state index contributed by atoms with van der Waals surface area (Å²) >= 11 is 0. The van der Waals surface area contributed by atoms with Crippen molar-refractivity contribution in [1.29, 1.82) is 0 Å². The first kappa shape index (κ1) is 22.8. The molecule has 2 aliphatic rings. The Morgan fingerprint density at radius 1 is 1.21 bits per heavy atom. The number of H-pyrrole nitrogens is 1. The normalized spacial score (nSPS) is 17.3. The minimum Gasteiger partial charge on any atom is -0.359 e. The van der Waals surface area contributed by atoms with E-state index in [2.05, 4.69) is 10.3 Å². The molecule has 2 aliphatic heterocycles. The van der Waals surface area contributed by atoms with Crippen LogP contribution in [0.5, 0.6) is 0 Å². The highest BCUT2D eigenvalue weighted by Gasteiger charge is 2.29. The maximum absolute atomic E-state index is 13.7. The maximum Gasteiger partial charge on any atom is 0.319 e. The zero-order valence-electron chi connectivity index (χ0n) is 19.4. The average Bonchev–Trinajstić information content (AvgIpc) is 3.23. The third-order valence-corrected chi connectivity index (χ3v) is 6.64. The number of carbonyl (C=O) groups excluding carboxylic acids is 3. The number of aromatic nitrogens is 1. The number of aryl methyl sites for hydroxylation is 1. The summed E-state index contributed by atoms with van der Waals surface area (Å²) in [4.78, 5) is 44.2. The van der Waals surface area contributed by atoms with Crippen LogP contribution in [0.1, 0.15) is 40.9 Å². The van der Waals surface area contributed by atoms with Gasteiger partial charge in [0.1, 0.15) is 11.6 Å². The lowest BCUT2D eigenvalue weighted by Gasteiger charge is -2.33. The summed E-state index contributed by atoms with van der Waals surface area (Å²) in [6.45, 7) is 5.01. The van der Waals surface area contributed by atoms with Crippen molar-refractivity contribution < 1.29 is 18.8 Å². The molecule has 0 bridgehead atoms. The predicted octanol–water partition coefficient (Wildman–Crippen LogP) is 3.77. The zero-order valence-corrected chi connectivity index (χ0v) is 19.4. The van der Waals surface area contributed by atoms with E-state index in [0.29, 0.717) is 49.2 Å². The quantitative estimate of drug-likeness (QED) is 0.693. The fourth-order valence-corrected chi connectivity index (χ4v) is 4.67. The first-order chi connectivity index (χ1) is 15.7. The third-order valence-electron chi connectivity index (χ3n) is 6.64. The molecule has 4 rings (SSSR count). The van der Waals surface area contributed by atoms with Gasteiger partial charge >= 0.3 is 6.03 Å².